The third kappa shape index (κ3) is 3.31. The van der Waals surface area contributed by atoms with Gasteiger partial charge in [0, 0.05) is 10.2 Å². The molecule has 0 radical (unpaired) electrons. The van der Waals surface area contributed by atoms with Crippen LogP contribution in [0.15, 0.2) is 21.6 Å². The van der Waals surface area contributed by atoms with E-state index in [9.17, 15) is 0 Å². The first-order valence-electron chi connectivity index (χ1n) is 5.02. The summed E-state index contributed by atoms with van der Waals surface area (Å²) in [6, 6.07) is 3.61. The zero-order valence-corrected chi connectivity index (χ0v) is 13.3. The Morgan fingerprint density at radius 3 is 2.41 bits per heavy atom. The molecule has 1 aromatic rings. The monoisotopic (exact) mass is 352 g/mol. The second-order valence-corrected chi connectivity index (χ2v) is 7.08. The van der Waals surface area contributed by atoms with Crippen molar-refractivity contribution in [2.45, 2.75) is 19.4 Å². The predicted molar refractivity (Wildman–Crippen MR) is 81.8 cm³/mol. The van der Waals surface area contributed by atoms with Crippen LogP contribution < -0.4 is 5.32 Å². The van der Waals surface area contributed by atoms with Gasteiger partial charge in [-0.1, -0.05) is 50.9 Å². The van der Waals surface area contributed by atoms with Gasteiger partial charge in [0.1, 0.15) is 0 Å². The molecule has 1 aromatic carbocycles. The van der Waals surface area contributed by atoms with E-state index in [0.29, 0.717) is 15.7 Å². The van der Waals surface area contributed by atoms with Gasteiger partial charge in [-0.3, -0.25) is 4.99 Å². The third-order valence-electron chi connectivity index (χ3n) is 2.21. The van der Waals surface area contributed by atoms with Crippen LogP contribution in [-0.4, -0.2) is 16.5 Å². The van der Waals surface area contributed by atoms with Crippen LogP contribution in [0.25, 0.3) is 0 Å². The second kappa shape index (κ2) is 5.00. The van der Waals surface area contributed by atoms with Crippen molar-refractivity contribution in [1.29, 1.82) is 0 Å². The van der Waals surface area contributed by atoms with Crippen LogP contribution in [0, 0.1) is 0 Å². The fourth-order valence-electron chi connectivity index (χ4n) is 1.42. The quantitative estimate of drug-likeness (QED) is 0.763. The summed E-state index contributed by atoms with van der Waals surface area (Å²) in [4.78, 5) is 4.56. The Kier molecular flexibility index (Phi) is 3.98. The summed E-state index contributed by atoms with van der Waals surface area (Å²) in [5.74, 6) is 0.959. The Balaban J connectivity index is 2.26. The van der Waals surface area contributed by atoms with Gasteiger partial charge in [0.25, 0.3) is 0 Å². The van der Waals surface area contributed by atoms with Gasteiger partial charge in [-0.2, -0.15) is 0 Å². The minimum absolute atomic E-state index is 0.0265. The molecule has 0 saturated carbocycles. The van der Waals surface area contributed by atoms with E-state index in [1.54, 1.807) is 23.9 Å². The van der Waals surface area contributed by atoms with E-state index in [4.69, 9.17) is 23.2 Å². The van der Waals surface area contributed by atoms with Crippen molar-refractivity contribution >= 4 is 61.7 Å². The topological polar surface area (TPSA) is 24.4 Å². The first-order chi connectivity index (χ1) is 7.87. The number of rotatable bonds is 1. The SMILES string of the molecule is CC1(C)CSC(Nc2c(Cl)cc(Br)cc2Cl)=N1. The number of hydrogen-bond acceptors (Lipinski definition) is 3. The Bertz CT molecular complexity index is 465. The van der Waals surface area contributed by atoms with Crippen LogP contribution in [0.2, 0.25) is 10.0 Å². The lowest BCUT2D eigenvalue weighted by molar-refractivity contribution is 0.605. The van der Waals surface area contributed by atoms with Crippen molar-refractivity contribution < 1.29 is 0 Å². The number of thioether (sulfide) groups is 1. The normalized spacial score (nSPS) is 18.1. The molecule has 0 fully saturated rings. The summed E-state index contributed by atoms with van der Waals surface area (Å²) in [6.45, 7) is 4.19. The Morgan fingerprint density at radius 2 is 1.94 bits per heavy atom. The standard InChI is InChI=1S/C11H11BrCl2N2S/c1-11(2)5-17-10(16-11)15-9-7(13)3-6(12)4-8(9)14/h3-4H,5H2,1-2H3,(H,15,16). The van der Waals surface area contributed by atoms with Gasteiger partial charge in [-0.05, 0) is 26.0 Å². The molecule has 0 unspecified atom stereocenters. The first kappa shape index (κ1) is 13.5. The van der Waals surface area contributed by atoms with Crippen LogP contribution >= 0.6 is 50.9 Å². The van der Waals surface area contributed by atoms with Crippen LogP contribution in [0.4, 0.5) is 5.69 Å². The first-order valence-corrected chi connectivity index (χ1v) is 7.55. The van der Waals surface area contributed by atoms with Crippen LogP contribution in [0.3, 0.4) is 0 Å². The highest BCUT2D eigenvalue weighted by molar-refractivity contribution is 9.10. The lowest BCUT2D eigenvalue weighted by Gasteiger charge is -2.11. The largest absolute Gasteiger partial charge is 0.333 e. The fraction of sp³-hybridized carbons (Fsp3) is 0.364. The molecule has 0 saturated heterocycles. The third-order valence-corrected chi connectivity index (χ3v) is 4.58. The minimum Gasteiger partial charge on any atom is -0.333 e. The maximum absolute atomic E-state index is 6.14. The molecular weight excluding hydrogens is 343 g/mol. The molecule has 0 aromatic heterocycles. The average Bonchev–Trinajstić information content (AvgIpc) is 2.52. The molecule has 0 atom stereocenters. The number of hydrogen-bond donors (Lipinski definition) is 1. The zero-order chi connectivity index (χ0) is 12.6. The maximum Gasteiger partial charge on any atom is 0.161 e. The number of benzene rings is 1. The highest BCUT2D eigenvalue weighted by atomic mass is 79.9. The van der Waals surface area contributed by atoms with Crippen molar-refractivity contribution in [3.05, 3.63) is 26.7 Å². The van der Waals surface area contributed by atoms with E-state index in [1.165, 1.54) is 0 Å². The van der Waals surface area contributed by atoms with Gasteiger partial charge in [0.05, 0.1) is 21.3 Å². The number of nitrogens with zero attached hydrogens (tertiary/aromatic N) is 1. The molecule has 92 valence electrons. The van der Waals surface area contributed by atoms with Gasteiger partial charge in [0.15, 0.2) is 5.17 Å². The van der Waals surface area contributed by atoms with Gasteiger partial charge in [-0.15, -0.1) is 0 Å². The van der Waals surface area contributed by atoms with Crippen molar-refractivity contribution in [2.24, 2.45) is 4.99 Å². The molecule has 1 aliphatic rings. The number of nitrogens with one attached hydrogen (secondary N) is 1. The summed E-state index contributed by atoms with van der Waals surface area (Å²) < 4.78 is 0.861. The van der Waals surface area contributed by atoms with Crippen LogP contribution in [-0.2, 0) is 0 Å². The molecule has 6 heteroatoms. The molecule has 0 amide bonds. The molecule has 1 aliphatic heterocycles. The molecular formula is C11H11BrCl2N2S. The number of halogens is 3. The highest BCUT2D eigenvalue weighted by Crippen LogP contribution is 2.36. The van der Waals surface area contributed by atoms with E-state index in [2.05, 4.69) is 40.1 Å². The summed E-state index contributed by atoms with van der Waals surface area (Å²) in [5.41, 5.74) is 0.682. The molecule has 0 bridgehead atoms. The summed E-state index contributed by atoms with van der Waals surface area (Å²) in [7, 11) is 0. The van der Waals surface area contributed by atoms with Crippen molar-refractivity contribution in [3.8, 4) is 0 Å². The number of amidine groups is 1. The van der Waals surface area contributed by atoms with E-state index in [-0.39, 0.29) is 5.54 Å². The lowest BCUT2D eigenvalue weighted by Crippen LogP contribution is -2.15. The zero-order valence-electron chi connectivity index (χ0n) is 9.35. The smallest absolute Gasteiger partial charge is 0.161 e. The fourth-order valence-corrected chi connectivity index (χ4v) is 3.76. The van der Waals surface area contributed by atoms with E-state index in [0.717, 1.165) is 15.4 Å². The molecule has 1 N–H and O–H groups in total. The summed E-state index contributed by atoms with van der Waals surface area (Å²) >= 11 is 17.3. The molecule has 0 aliphatic carbocycles. The van der Waals surface area contributed by atoms with Crippen molar-refractivity contribution in [2.75, 3.05) is 11.1 Å². The van der Waals surface area contributed by atoms with Crippen LogP contribution in [0.1, 0.15) is 13.8 Å². The van der Waals surface area contributed by atoms with Gasteiger partial charge >= 0.3 is 0 Å². The molecule has 0 spiro atoms. The Hall–Kier alpha value is 0.1000. The average molecular weight is 354 g/mol. The van der Waals surface area contributed by atoms with E-state index in [1.807, 2.05) is 0 Å². The molecule has 17 heavy (non-hydrogen) atoms. The number of anilines is 1. The predicted octanol–water partition coefficient (Wildman–Crippen LogP) is 5.05. The van der Waals surface area contributed by atoms with Gasteiger partial charge in [-0.25, -0.2) is 0 Å². The second-order valence-electron chi connectivity index (χ2n) is 4.39. The highest BCUT2D eigenvalue weighted by Gasteiger charge is 2.26. The molecule has 1 heterocycles. The Labute approximate surface area is 123 Å². The van der Waals surface area contributed by atoms with E-state index < -0.39 is 0 Å². The summed E-state index contributed by atoms with van der Waals surface area (Å²) in [5, 5.41) is 5.21. The Morgan fingerprint density at radius 1 is 1.35 bits per heavy atom. The van der Waals surface area contributed by atoms with E-state index >= 15 is 0 Å². The van der Waals surface area contributed by atoms with Crippen molar-refractivity contribution in [3.63, 3.8) is 0 Å². The van der Waals surface area contributed by atoms with Gasteiger partial charge < -0.3 is 5.32 Å². The lowest BCUT2D eigenvalue weighted by atomic mass is 10.1. The maximum atomic E-state index is 6.14. The minimum atomic E-state index is -0.0265. The number of aliphatic imine (C=N–C) groups is 1. The summed E-state index contributed by atoms with van der Waals surface area (Å²) in [6.07, 6.45) is 0. The van der Waals surface area contributed by atoms with Crippen LogP contribution in [0.5, 0.6) is 0 Å². The van der Waals surface area contributed by atoms with Gasteiger partial charge in [0.2, 0.25) is 0 Å². The molecule has 2 rings (SSSR count). The molecule has 2 nitrogen and oxygen atoms in total. The van der Waals surface area contributed by atoms with Crippen molar-refractivity contribution in [1.82, 2.24) is 0 Å².